The summed E-state index contributed by atoms with van der Waals surface area (Å²) in [5.41, 5.74) is 2.45. The molecule has 0 bridgehead atoms. The summed E-state index contributed by atoms with van der Waals surface area (Å²) in [5.74, 6) is 0.120. The van der Waals surface area contributed by atoms with Crippen molar-refractivity contribution in [3.8, 4) is 0 Å². The van der Waals surface area contributed by atoms with E-state index in [1.165, 1.54) is 0 Å². The van der Waals surface area contributed by atoms with E-state index < -0.39 is 5.41 Å². The Balaban J connectivity index is 2.59. The van der Waals surface area contributed by atoms with Crippen LogP contribution in [0.4, 0.5) is 11.4 Å². The molecule has 92 valence electrons. The Morgan fingerprint density at radius 1 is 1.41 bits per heavy atom. The summed E-state index contributed by atoms with van der Waals surface area (Å²) in [6.45, 7) is 6.47. The maximum atomic E-state index is 12.3. The minimum absolute atomic E-state index is 0.120. The molecule has 0 saturated heterocycles. The van der Waals surface area contributed by atoms with Crippen LogP contribution < -0.4 is 10.2 Å². The predicted molar refractivity (Wildman–Crippen MR) is 71.9 cm³/mol. The number of halogens is 1. The number of hydrogen-bond acceptors (Lipinski definition) is 2. The van der Waals surface area contributed by atoms with Gasteiger partial charge in [0.1, 0.15) is 0 Å². The summed E-state index contributed by atoms with van der Waals surface area (Å²) in [7, 11) is 1.82. The average molecular weight is 253 g/mol. The first-order valence-corrected chi connectivity index (χ1v) is 6.03. The summed E-state index contributed by atoms with van der Waals surface area (Å²) in [5, 5.41) is 4.00. The molecule has 0 atom stereocenters. The van der Waals surface area contributed by atoms with Crippen LogP contribution in [0.25, 0.3) is 0 Å². The van der Waals surface area contributed by atoms with E-state index in [9.17, 15) is 4.79 Å². The first-order valence-electron chi connectivity index (χ1n) is 5.65. The van der Waals surface area contributed by atoms with E-state index in [4.69, 9.17) is 11.6 Å². The molecule has 0 unspecified atom stereocenters. The van der Waals surface area contributed by atoms with Gasteiger partial charge < -0.3 is 10.2 Å². The number of benzene rings is 1. The molecule has 1 heterocycles. The molecule has 0 aromatic heterocycles. The van der Waals surface area contributed by atoms with Crippen LogP contribution in [0, 0.1) is 12.3 Å². The first kappa shape index (κ1) is 12.2. The third-order valence-electron chi connectivity index (χ3n) is 3.21. The lowest BCUT2D eigenvalue weighted by Crippen LogP contribution is -2.40. The van der Waals surface area contributed by atoms with Crippen molar-refractivity contribution < 1.29 is 4.79 Å². The van der Waals surface area contributed by atoms with Crippen molar-refractivity contribution in [1.82, 2.24) is 0 Å². The van der Waals surface area contributed by atoms with Crippen molar-refractivity contribution in [1.29, 1.82) is 0 Å². The number of rotatable bonds is 0. The Bertz CT molecular complexity index is 483. The standard InChI is InChI=1S/C13H17ClN2O/c1-8-5-9(14)6-10-11(8)16(4)12(17)13(2,3)7-15-10/h5-6,15H,7H2,1-4H3. The van der Waals surface area contributed by atoms with Gasteiger partial charge in [0, 0.05) is 18.6 Å². The molecule has 1 aromatic rings. The van der Waals surface area contributed by atoms with Gasteiger partial charge in [0.2, 0.25) is 5.91 Å². The first-order chi connectivity index (χ1) is 7.83. The molecule has 1 amide bonds. The number of nitrogens with zero attached hydrogens (tertiary/aromatic N) is 1. The van der Waals surface area contributed by atoms with E-state index in [1.54, 1.807) is 4.90 Å². The van der Waals surface area contributed by atoms with Gasteiger partial charge in [0.15, 0.2) is 0 Å². The third-order valence-corrected chi connectivity index (χ3v) is 3.42. The molecule has 1 aromatic carbocycles. The second kappa shape index (κ2) is 3.91. The van der Waals surface area contributed by atoms with Crippen LogP contribution in [0.2, 0.25) is 5.02 Å². The van der Waals surface area contributed by atoms with Gasteiger partial charge in [-0.05, 0) is 38.5 Å². The Morgan fingerprint density at radius 3 is 2.71 bits per heavy atom. The summed E-state index contributed by atoms with van der Waals surface area (Å²) in [6, 6.07) is 3.75. The molecule has 0 saturated carbocycles. The van der Waals surface area contributed by atoms with Crippen LogP contribution in [0.3, 0.4) is 0 Å². The lowest BCUT2D eigenvalue weighted by molar-refractivity contribution is -0.125. The number of carbonyl (C=O) groups excluding carboxylic acids is 1. The molecule has 0 aliphatic carbocycles. The predicted octanol–water partition coefficient (Wildman–Crippen LogP) is 3.06. The average Bonchev–Trinajstić information content (AvgIpc) is 2.30. The quantitative estimate of drug-likeness (QED) is 0.770. The zero-order valence-corrected chi connectivity index (χ0v) is 11.4. The highest BCUT2D eigenvalue weighted by atomic mass is 35.5. The smallest absolute Gasteiger partial charge is 0.234 e. The highest BCUT2D eigenvalue weighted by Gasteiger charge is 2.35. The monoisotopic (exact) mass is 252 g/mol. The van der Waals surface area contributed by atoms with Gasteiger partial charge in [-0.3, -0.25) is 4.79 Å². The molecule has 3 nitrogen and oxygen atoms in total. The summed E-state index contributed by atoms with van der Waals surface area (Å²) in [4.78, 5) is 14.0. The molecular weight excluding hydrogens is 236 g/mol. The Morgan fingerprint density at radius 2 is 2.06 bits per heavy atom. The molecule has 0 spiro atoms. The second-order valence-electron chi connectivity index (χ2n) is 5.22. The largest absolute Gasteiger partial charge is 0.382 e. The minimum atomic E-state index is -0.410. The number of carbonyl (C=O) groups is 1. The van der Waals surface area contributed by atoms with Crippen molar-refractivity contribution in [3.63, 3.8) is 0 Å². The summed E-state index contributed by atoms with van der Waals surface area (Å²) < 4.78 is 0. The molecular formula is C13H17ClN2O. The molecule has 1 N–H and O–H groups in total. The van der Waals surface area contributed by atoms with E-state index in [2.05, 4.69) is 5.32 Å². The Kier molecular flexibility index (Phi) is 2.82. The van der Waals surface area contributed by atoms with Crippen LogP contribution >= 0.6 is 11.6 Å². The van der Waals surface area contributed by atoms with Crippen LogP contribution in [0.15, 0.2) is 12.1 Å². The molecule has 0 radical (unpaired) electrons. The molecule has 2 rings (SSSR count). The highest BCUT2D eigenvalue weighted by Crippen LogP contribution is 2.37. The van der Waals surface area contributed by atoms with Crippen LogP contribution in [-0.2, 0) is 4.79 Å². The van der Waals surface area contributed by atoms with E-state index in [1.807, 2.05) is 40.0 Å². The van der Waals surface area contributed by atoms with Crippen molar-refractivity contribution in [2.45, 2.75) is 20.8 Å². The van der Waals surface area contributed by atoms with Crippen molar-refractivity contribution in [2.75, 3.05) is 23.8 Å². The van der Waals surface area contributed by atoms with Crippen molar-refractivity contribution in [2.24, 2.45) is 5.41 Å². The van der Waals surface area contributed by atoms with E-state index in [-0.39, 0.29) is 5.91 Å². The van der Waals surface area contributed by atoms with Gasteiger partial charge in [0.25, 0.3) is 0 Å². The SMILES string of the molecule is Cc1cc(Cl)cc2c1N(C)C(=O)C(C)(C)CN2. The van der Waals surface area contributed by atoms with Gasteiger partial charge in [-0.25, -0.2) is 0 Å². The third kappa shape index (κ3) is 2.00. The fraction of sp³-hybridized carbons (Fsp3) is 0.462. The number of fused-ring (bicyclic) bond motifs is 1. The van der Waals surface area contributed by atoms with Crippen molar-refractivity contribution in [3.05, 3.63) is 22.7 Å². The summed E-state index contributed by atoms with van der Waals surface area (Å²) in [6.07, 6.45) is 0. The van der Waals surface area contributed by atoms with Gasteiger partial charge in [-0.2, -0.15) is 0 Å². The fourth-order valence-corrected chi connectivity index (χ4v) is 2.54. The van der Waals surface area contributed by atoms with Gasteiger partial charge in [0.05, 0.1) is 16.8 Å². The molecule has 17 heavy (non-hydrogen) atoms. The maximum Gasteiger partial charge on any atom is 0.234 e. The Labute approximate surface area is 107 Å². The fourth-order valence-electron chi connectivity index (χ4n) is 2.26. The van der Waals surface area contributed by atoms with Gasteiger partial charge in [-0.15, -0.1) is 0 Å². The number of hydrogen-bond donors (Lipinski definition) is 1. The van der Waals surface area contributed by atoms with Crippen LogP contribution in [0.1, 0.15) is 19.4 Å². The van der Waals surface area contributed by atoms with Gasteiger partial charge >= 0.3 is 0 Å². The van der Waals surface area contributed by atoms with Crippen LogP contribution in [0.5, 0.6) is 0 Å². The van der Waals surface area contributed by atoms with Crippen molar-refractivity contribution >= 4 is 28.9 Å². The zero-order valence-electron chi connectivity index (χ0n) is 10.6. The number of nitrogens with one attached hydrogen (secondary N) is 1. The lowest BCUT2D eigenvalue weighted by Gasteiger charge is -2.26. The molecule has 4 heteroatoms. The second-order valence-corrected chi connectivity index (χ2v) is 5.66. The zero-order chi connectivity index (χ0) is 12.8. The number of amides is 1. The van der Waals surface area contributed by atoms with Crippen LogP contribution in [-0.4, -0.2) is 19.5 Å². The normalized spacial score (nSPS) is 18.4. The molecule has 1 aliphatic heterocycles. The lowest BCUT2D eigenvalue weighted by atomic mass is 9.92. The van der Waals surface area contributed by atoms with E-state index in [0.717, 1.165) is 16.9 Å². The number of anilines is 2. The number of aryl methyl sites for hydroxylation is 1. The summed E-state index contributed by atoms with van der Waals surface area (Å²) >= 11 is 6.05. The van der Waals surface area contributed by atoms with E-state index in [0.29, 0.717) is 11.6 Å². The molecule has 0 fully saturated rings. The van der Waals surface area contributed by atoms with E-state index >= 15 is 0 Å². The molecule has 1 aliphatic rings. The Hall–Kier alpha value is -1.22. The maximum absolute atomic E-state index is 12.3. The highest BCUT2D eigenvalue weighted by molar-refractivity contribution is 6.31. The topological polar surface area (TPSA) is 32.3 Å². The minimum Gasteiger partial charge on any atom is -0.382 e. The van der Waals surface area contributed by atoms with Gasteiger partial charge in [-0.1, -0.05) is 11.6 Å².